The van der Waals surface area contributed by atoms with E-state index in [9.17, 15) is 18.4 Å². The van der Waals surface area contributed by atoms with Crippen LogP contribution in [0.5, 0.6) is 0 Å². The van der Waals surface area contributed by atoms with E-state index in [0.29, 0.717) is 25.7 Å². The van der Waals surface area contributed by atoms with Crippen molar-refractivity contribution in [2.75, 3.05) is 0 Å². The molecule has 0 unspecified atom stereocenters. The van der Waals surface area contributed by atoms with Crippen molar-refractivity contribution >= 4 is 12.0 Å². The van der Waals surface area contributed by atoms with Gasteiger partial charge in [0.25, 0.3) is 0 Å². The fourth-order valence-corrected chi connectivity index (χ4v) is 4.18. The third-order valence-electron chi connectivity index (χ3n) is 5.82. The average molecular weight is 380 g/mol. The second kappa shape index (κ2) is 8.67. The third-order valence-corrected chi connectivity index (χ3v) is 5.82. The van der Waals surface area contributed by atoms with Gasteiger partial charge < -0.3 is 15.3 Å². The van der Waals surface area contributed by atoms with Gasteiger partial charge in [0.2, 0.25) is 0 Å². The van der Waals surface area contributed by atoms with Crippen LogP contribution in [0.15, 0.2) is 18.2 Å². The quantitative estimate of drug-likeness (QED) is 0.809. The van der Waals surface area contributed by atoms with Crippen molar-refractivity contribution < 1.29 is 23.5 Å². The summed E-state index contributed by atoms with van der Waals surface area (Å²) in [5.41, 5.74) is -0.0888. The van der Waals surface area contributed by atoms with Crippen LogP contribution in [0.3, 0.4) is 0 Å². The SMILES string of the molecule is O=C(O)C1CCC(NC(=O)N(Cc2c(F)cccc2F)C2CCCC2)CC1. The number of rotatable bonds is 5. The Morgan fingerprint density at radius 2 is 1.63 bits per heavy atom. The van der Waals surface area contributed by atoms with Crippen molar-refractivity contribution in [1.29, 1.82) is 0 Å². The summed E-state index contributed by atoms with van der Waals surface area (Å²) in [6, 6.07) is 3.28. The van der Waals surface area contributed by atoms with Gasteiger partial charge in [0.15, 0.2) is 0 Å². The van der Waals surface area contributed by atoms with E-state index in [4.69, 9.17) is 5.11 Å². The van der Waals surface area contributed by atoms with Crippen LogP contribution in [-0.4, -0.2) is 34.1 Å². The van der Waals surface area contributed by atoms with E-state index in [1.807, 2.05) is 0 Å². The molecule has 0 aromatic heterocycles. The lowest BCUT2D eigenvalue weighted by molar-refractivity contribution is -0.142. The first-order valence-electron chi connectivity index (χ1n) is 9.68. The van der Waals surface area contributed by atoms with E-state index in [-0.39, 0.29) is 36.1 Å². The van der Waals surface area contributed by atoms with E-state index in [1.165, 1.54) is 18.2 Å². The van der Waals surface area contributed by atoms with Crippen molar-refractivity contribution in [2.24, 2.45) is 5.92 Å². The Labute approximate surface area is 157 Å². The van der Waals surface area contributed by atoms with Gasteiger partial charge in [0, 0.05) is 17.6 Å². The molecule has 2 amide bonds. The summed E-state index contributed by atoms with van der Waals surface area (Å²) < 4.78 is 28.2. The molecule has 2 saturated carbocycles. The standard InChI is InChI=1S/C20H26F2N2O3/c21-17-6-3-7-18(22)16(17)12-24(15-4-1-2-5-15)20(27)23-14-10-8-13(9-11-14)19(25)26/h3,6-7,13-15H,1-2,4-5,8-12H2,(H,23,27)(H,25,26). The van der Waals surface area contributed by atoms with Crippen molar-refractivity contribution in [1.82, 2.24) is 10.2 Å². The molecule has 2 aliphatic rings. The molecule has 0 atom stereocenters. The van der Waals surface area contributed by atoms with E-state index < -0.39 is 17.6 Å². The van der Waals surface area contributed by atoms with Gasteiger partial charge in [0.05, 0.1) is 12.5 Å². The maximum atomic E-state index is 14.1. The minimum Gasteiger partial charge on any atom is -0.481 e. The van der Waals surface area contributed by atoms with Crippen LogP contribution >= 0.6 is 0 Å². The molecule has 0 spiro atoms. The van der Waals surface area contributed by atoms with Gasteiger partial charge >= 0.3 is 12.0 Å². The summed E-state index contributed by atoms with van der Waals surface area (Å²) >= 11 is 0. The predicted octanol–water partition coefficient (Wildman–Crippen LogP) is 4.06. The maximum Gasteiger partial charge on any atom is 0.318 e. The Bertz CT molecular complexity index is 664. The number of benzene rings is 1. The molecule has 7 heteroatoms. The summed E-state index contributed by atoms with van der Waals surface area (Å²) in [7, 11) is 0. The fraction of sp³-hybridized carbons (Fsp3) is 0.600. The number of carboxylic acids is 1. The van der Waals surface area contributed by atoms with E-state index in [2.05, 4.69) is 5.32 Å². The molecule has 2 fully saturated rings. The number of nitrogens with one attached hydrogen (secondary N) is 1. The minimum atomic E-state index is -0.789. The van der Waals surface area contributed by atoms with Crippen LogP contribution in [0.2, 0.25) is 0 Å². The maximum absolute atomic E-state index is 14.1. The summed E-state index contributed by atoms with van der Waals surface area (Å²) in [4.78, 5) is 25.5. The molecule has 27 heavy (non-hydrogen) atoms. The molecule has 1 aromatic rings. The van der Waals surface area contributed by atoms with Crippen LogP contribution in [0, 0.1) is 17.6 Å². The Balaban J connectivity index is 1.68. The summed E-state index contributed by atoms with van der Waals surface area (Å²) in [6.45, 7) is -0.0977. The van der Waals surface area contributed by atoms with Gasteiger partial charge in [-0.2, -0.15) is 0 Å². The highest BCUT2D eigenvalue weighted by Crippen LogP contribution is 2.28. The molecule has 5 nitrogen and oxygen atoms in total. The van der Waals surface area contributed by atoms with E-state index >= 15 is 0 Å². The van der Waals surface area contributed by atoms with Crippen molar-refractivity contribution in [3.63, 3.8) is 0 Å². The van der Waals surface area contributed by atoms with Gasteiger partial charge in [-0.25, -0.2) is 13.6 Å². The average Bonchev–Trinajstić information content (AvgIpc) is 3.16. The number of carbonyl (C=O) groups is 2. The van der Waals surface area contributed by atoms with Crippen molar-refractivity contribution in [3.05, 3.63) is 35.4 Å². The highest BCUT2D eigenvalue weighted by molar-refractivity contribution is 5.75. The second-order valence-corrected chi connectivity index (χ2v) is 7.60. The number of carbonyl (C=O) groups excluding carboxylic acids is 1. The Morgan fingerprint density at radius 3 is 2.19 bits per heavy atom. The molecule has 0 saturated heterocycles. The number of hydrogen-bond acceptors (Lipinski definition) is 2. The van der Waals surface area contributed by atoms with Crippen LogP contribution in [0.4, 0.5) is 13.6 Å². The van der Waals surface area contributed by atoms with E-state index in [0.717, 1.165) is 25.7 Å². The molecule has 2 N–H and O–H groups in total. The third kappa shape index (κ3) is 4.76. The minimum absolute atomic E-state index is 0.0284. The highest BCUT2D eigenvalue weighted by Gasteiger charge is 2.31. The zero-order valence-corrected chi connectivity index (χ0v) is 15.3. The molecular formula is C20H26F2N2O3. The second-order valence-electron chi connectivity index (χ2n) is 7.60. The van der Waals surface area contributed by atoms with E-state index in [1.54, 1.807) is 4.90 Å². The molecule has 0 heterocycles. The summed E-state index contributed by atoms with van der Waals surface area (Å²) in [5, 5.41) is 12.1. The van der Waals surface area contributed by atoms with Gasteiger partial charge in [-0.15, -0.1) is 0 Å². The number of hydrogen-bond donors (Lipinski definition) is 2. The molecule has 1 aromatic carbocycles. The lowest BCUT2D eigenvalue weighted by Gasteiger charge is -2.33. The Morgan fingerprint density at radius 1 is 1.04 bits per heavy atom. The predicted molar refractivity (Wildman–Crippen MR) is 96.1 cm³/mol. The number of halogens is 2. The number of amides is 2. The smallest absolute Gasteiger partial charge is 0.318 e. The van der Waals surface area contributed by atoms with Crippen LogP contribution in [-0.2, 0) is 11.3 Å². The van der Waals surface area contributed by atoms with Gasteiger partial charge in [0.1, 0.15) is 11.6 Å². The first kappa shape index (κ1) is 19.6. The monoisotopic (exact) mass is 380 g/mol. The number of aliphatic carboxylic acids is 1. The van der Waals surface area contributed by atoms with Crippen LogP contribution in [0.1, 0.15) is 56.9 Å². The van der Waals surface area contributed by atoms with Crippen molar-refractivity contribution in [3.8, 4) is 0 Å². The highest BCUT2D eigenvalue weighted by atomic mass is 19.1. The Hall–Kier alpha value is -2.18. The number of carboxylic acid groups (broad SMARTS) is 1. The molecular weight excluding hydrogens is 354 g/mol. The molecule has 0 bridgehead atoms. The molecule has 0 aliphatic heterocycles. The fourth-order valence-electron chi connectivity index (χ4n) is 4.18. The first-order valence-corrected chi connectivity index (χ1v) is 9.68. The number of urea groups is 1. The molecule has 0 radical (unpaired) electrons. The first-order chi connectivity index (χ1) is 13.0. The van der Waals surface area contributed by atoms with Gasteiger partial charge in [-0.1, -0.05) is 18.9 Å². The lowest BCUT2D eigenvalue weighted by Crippen LogP contribution is -2.49. The zero-order chi connectivity index (χ0) is 19.4. The summed E-state index contributed by atoms with van der Waals surface area (Å²) in [6.07, 6.45) is 5.93. The van der Waals surface area contributed by atoms with Crippen LogP contribution in [0.25, 0.3) is 0 Å². The van der Waals surface area contributed by atoms with Crippen LogP contribution < -0.4 is 5.32 Å². The molecule has 3 rings (SSSR count). The van der Waals surface area contributed by atoms with Crippen molar-refractivity contribution in [2.45, 2.75) is 70.0 Å². The lowest BCUT2D eigenvalue weighted by atomic mass is 9.86. The topological polar surface area (TPSA) is 69.6 Å². The normalized spacial score (nSPS) is 23.2. The van der Waals surface area contributed by atoms with Gasteiger partial charge in [-0.05, 0) is 50.7 Å². The number of nitrogens with zero attached hydrogens (tertiary/aromatic N) is 1. The molecule has 2 aliphatic carbocycles. The van der Waals surface area contributed by atoms with Gasteiger partial charge in [-0.3, -0.25) is 4.79 Å². The Kier molecular flexibility index (Phi) is 6.29. The largest absolute Gasteiger partial charge is 0.481 e. The summed E-state index contributed by atoms with van der Waals surface area (Å²) in [5.74, 6) is -2.43. The molecule has 148 valence electrons. The zero-order valence-electron chi connectivity index (χ0n) is 15.3.